The van der Waals surface area contributed by atoms with E-state index in [2.05, 4.69) is 62.1 Å². The van der Waals surface area contributed by atoms with E-state index in [0.717, 1.165) is 19.7 Å². The van der Waals surface area contributed by atoms with Gasteiger partial charge in [0, 0.05) is 19.7 Å². The largest absolute Gasteiger partial charge is 0.360 e. The zero-order chi connectivity index (χ0) is 15.3. The Kier molecular flexibility index (Phi) is 9.84. The first-order valence-corrected chi connectivity index (χ1v) is 8.40. The van der Waals surface area contributed by atoms with Crippen LogP contribution in [-0.4, -0.2) is 30.8 Å². The van der Waals surface area contributed by atoms with E-state index >= 15 is 0 Å². The topological polar surface area (TPSA) is 12.5 Å². The highest BCUT2D eigenvalue weighted by Gasteiger charge is 2.14. The van der Waals surface area contributed by atoms with E-state index in [1.165, 1.54) is 31.2 Å². The highest BCUT2D eigenvalue weighted by atomic mass is 16.5. The number of ether oxygens (including phenoxy) is 1. The minimum atomic E-state index is 0.0910. The van der Waals surface area contributed by atoms with Gasteiger partial charge in [-0.05, 0) is 31.4 Å². The molecule has 0 spiro atoms. The Morgan fingerprint density at radius 1 is 1.00 bits per heavy atom. The third-order valence-corrected chi connectivity index (χ3v) is 3.55. The third kappa shape index (κ3) is 7.45. The van der Waals surface area contributed by atoms with Gasteiger partial charge in [0.1, 0.15) is 6.23 Å². The summed E-state index contributed by atoms with van der Waals surface area (Å²) in [6.45, 7) is 9.53. The molecule has 1 aromatic rings. The second-order valence-electron chi connectivity index (χ2n) is 5.36. The second kappa shape index (κ2) is 11.5. The number of hydrogen-bond acceptors (Lipinski definition) is 2. The van der Waals surface area contributed by atoms with E-state index in [1.54, 1.807) is 0 Å². The smallest absolute Gasteiger partial charge is 0.130 e. The van der Waals surface area contributed by atoms with Gasteiger partial charge in [-0.25, -0.2) is 0 Å². The summed E-state index contributed by atoms with van der Waals surface area (Å²) in [5.41, 5.74) is 1.23. The van der Waals surface area contributed by atoms with Crippen LogP contribution in [0.25, 0.3) is 6.08 Å². The Morgan fingerprint density at radius 3 is 2.14 bits per heavy atom. The molecule has 0 amide bonds. The van der Waals surface area contributed by atoms with Crippen molar-refractivity contribution in [3.05, 3.63) is 42.0 Å². The third-order valence-electron chi connectivity index (χ3n) is 3.55. The Labute approximate surface area is 130 Å². The van der Waals surface area contributed by atoms with Crippen LogP contribution in [0.4, 0.5) is 0 Å². The summed E-state index contributed by atoms with van der Waals surface area (Å²) in [7, 11) is 0. The summed E-state index contributed by atoms with van der Waals surface area (Å²) in [4.78, 5) is 2.47. The van der Waals surface area contributed by atoms with Crippen LogP contribution < -0.4 is 0 Å². The Morgan fingerprint density at radius 2 is 1.62 bits per heavy atom. The Hall–Kier alpha value is -1.12. The molecule has 0 aliphatic rings. The van der Waals surface area contributed by atoms with Crippen LogP contribution in [-0.2, 0) is 4.74 Å². The number of benzene rings is 1. The van der Waals surface area contributed by atoms with Gasteiger partial charge in [0.05, 0.1) is 0 Å². The van der Waals surface area contributed by atoms with Crippen molar-refractivity contribution in [2.75, 3.05) is 19.7 Å². The van der Waals surface area contributed by atoms with Crippen LogP contribution in [0.15, 0.2) is 36.4 Å². The number of unbranched alkanes of at least 4 members (excludes halogenated alkanes) is 2. The summed E-state index contributed by atoms with van der Waals surface area (Å²) in [6, 6.07) is 10.4. The maximum atomic E-state index is 5.96. The number of hydrogen-bond donors (Lipinski definition) is 0. The van der Waals surface area contributed by atoms with Gasteiger partial charge in [0.25, 0.3) is 0 Å². The predicted octanol–water partition coefficient (Wildman–Crippen LogP) is 4.96. The highest BCUT2D eigenvalue weighted by Crippen LogP contribution is 2.11. The summed E-state index contributed by atoms with van der Waals surface area (Å²) < 4.78 is 5.96. The van der Waals surface area contributed by atoms with Crippen molar-refractivity contribution in [3.8, 4) is 0 Å². The van der Waals surface area contributed by atoms with Gasteiger partial charge >= 0.3 is 0 Å². The van der Waals surface area contributed by atoms with Crippen LogP contribution >= 0.6 is 0 Å². The van der Waals surface area contributed by atoms with Crippen molar-refractivity contribution in [2.45, 2.75) is 52.7 Å². The van der Waals surface area contributed by atoms with E-state index in [1.807, 2.05) is 6.07 Å². The molecule has 0 N–H and O–H groups in total. The molecule has 2 heteroatoms. The Bertz CT molecular complexity index is 366. The lowest BCUT2D eigenvalue weighted by atomic mass is 10.2. The maximum absolute atomic E-state index is 5.96. The van der Waals surface area contributed by atoms with Crippen LogP contribution in [0.3, 0.4) is 0 Å². The van der Waals surface area contributed by atoms with Crippen molar-refractivity contribution in [2.24, 2.45) is 0 Å². The van der Waals surface area contributed by atoms with Crippen molar-refractivity contribution in [1.82, 2.24) is 4.90 Å². The minimum absolute atomic E-state index is 0.0910. The molecule has 0 aliphatic carbocycles. The van der Waals surface area contributed by atoms with E-state index in [9.17, 15) is 0 Å². The second-order valence-corrected chi connectivity index (χ2v) is 5.36. The van der Waals surface area contributed by atoms with Gasteiger partial charge in [-0.2, -0.15) is 0 Å². The molecule has 0 aromatic heterocycles. The fourth-order valence-corrected chi connectivity index (χ4v) is 2.30. The Balaban J connectivity index is 2.71. The van der Waals surface area contributed by atoms with Crippen LogP contribution in [0, 0.1) is 0 Å². The molecule has 0 saturated carbocycles. The normalized spacial score (nSPS) is 13.1. The molecule has 1 rings (SSSR count). The molecule has 2 nitrogen and oxygen atoms in total. The predicted molar refractivity (Wildman–Crippen MR) is 92.3 cm³/mol. The van der Waals surface area contributed by atoms with Crippen LogP contribution in [0.5, 0.6) is 0 Å². The van der Waals surface area contributed by atoms with Gasteiger partial charge in [-0.15, -0.1) is 0 Å². The molecule has 0 aliphatic heterocycles. The van der Waals surface area contributed by atoms with Gasteiger partial charge in [-0.1, -0.05) is 63.1 Å². The van der Waals surface area contributed by atoms with Crippen LogP contribution in [0.2, 0.25) is 0 Å². The van der Waals surface area contributed by atoms with Gasteiger partial charge in [0.2, 0.25) is 0 Å². The molecule has 1 atom stereocenters. The van der Waals surface area contributed by atoms with E-state index in [4.69, 9.17) is 4.74 Å². The summed E-state index contributed by atoms with van der Waals surface area (Å²) in [6.07, 6.45) is 9.37. The number of nitrogens with zero attached hydrogens (tertiary/aromatic N) is 1. The average Bonchev–Trinajstić information content (AvgIpc) is 2.53. The molecule has 118 valence electrons. The molecular weight excluding hydrogens is 258 g/mol. The molecule has 1 unspecified atom stereocenters. The van der Waals surface area contributed by atoms with E-state index in [-0.39, 0.29) is 6.23 Å². The minimum Gasteiger partial charge on any atom is -0.360 e. The van der Waals surface area contributed by atoms with Gasteiger partial charge < -0.3 is 4.74 Å². The van der Waals surface area contributed by atoms with Crippen molar-refractivity contribution in [3.63, 3.8) is 0 Å². The SMILES string of the molecule is CCCCN(CCCC)C(C=Cc1ccccc1)OCC. The monoisotopic (exact) mass is 289 g/mol. The molecule has 0 radical (unpaired) electrons. The van der Waals surface area contributed by atoms with Crippen LogP contribution in [0.1, 0.15) is 52.0 Å². The fourth-order valence-electron chi connectivity index (χ4n) is 2.30. The molecule has 0 saturated heterocycles. The lowest BCUT2D eigenvalue weighted by molar-refractivity contribution is -0.0229. The number of rotatable bonds is 11. The van der Waals surface area contributed by atoms with Crippen molar-refractivity contribution in [1.29, 1.82) is 0 Å². The highest BCUT2D eigenvalue weighted by molar-refractivity contribution is 5.49. The first kappa shape index (κ1) is 17.9. The average molecular weight is 289 g/mol. The van der Waals surface area contributed by atoms with Gasteiger partial charge in [-0.3, -0.25) is 4.90 Å². The fraction of sp³-hybridized carbons (Fsp3) is 0.579. The summed E-state index contributed by atoms with van der Waals surface area (Å²) in [5.74, 6) is 0. The maximum Gasteiger partial charge on any atom is 0.130 e. The summed E-state index contributed by atoms with van der Waals surface area (Å²) >= 11 is 0. The van der Waals surface area contributed by atoms with Gasteiger partial charge in [0.15, 0.2) is 0 Å². The lowest BCUT2D eigenvalue weighted by Gasteiger charge is -2.29. The van der Waals surface area contributed by atoms with Crippen molar-refractivity contribution < 1.29 is 4.74 Å². The standard InChI is InChI=1S/C19H31NO/c1-4-7-16-20(17-8-5-2)19(21-6-3)15-14-18-12-10-9-11-13-18/h9-15,19H,4-8,16-17H2,1-3H3. The lowest BCUT2D eigenvalue weighted by Crippen LogP contribution is -2.37. The van der Waals surface area contributed by atoms with E-state index in [0.29, 0.717) is 0 Å². The molecule has 21 heavy (non-hydrogen) atoms. The zero-order valence-electron chi connectivity index (χ0n) is 13.9. The molecular formula is C19H31NO. The van der Waals surface area contributed by atoms with E-state index < -0.39 is 0 Å². The first-order valence-electron chi connectivity index (χ1n) is 8.40. The quantitative estimate of drug-likeness (QED) is 0.534. The molecule has 0 fully saturated rings. The zero-order valence-corrected chi connectivity index (χ0v) is 13.9. The summed E-state index contributed by atoms with van der Waals surface area (Å²) in [5, 5.41) is 0. The van der Waals surface area contributed by atoms with Crippen molar-refractivity contribution >= 4 is 6.08 Å². The first-order chi connectivity index (χ1) is 10.3. The molecule has 0 heterocycles. The molecule has 1 aromatic carbocycles. The molecule has 0 bridgehead atoms.